The fourth-order valence-corrected chi connectivity index (χ4v) is 3.54. The normalized spacial score (nSPS) is 17.2. The molecule has 2 rings (SSSR count). The highest BCUT2D eigenvalue weighted by atomic mass is 32.2. The number of nitrogen functional groups attached to an aromatic ring is 1. The van der Waals surface area contributed by atoms with Crippen LogP contribution in [0.3, 0.4) is 0 Å². The Hall–Kier alpha value is -1.36. The summed E-state index contributed by atoms with van der Waals surface area (Å²) in [5.41, 5.74) is 7.21. The second-order valence-electron chi connectivity index (χ2n) is 4.96. The topological polar surface area (TPSA) is 63.4 Å². The van der Waals surface area contributed by atoms with Gasteiger partial charge in [-0.2, -0.15) is 0 Å². The Kier molecular flexibility index (Phi) is 4.58. The van der Waals surface area contributed by atoms with Crippen LogP contribution in [0.1, 0.15) is 24.8 Å². The van der Waals surface area contributed by atoms with E-state index in [0.29, 0.717) is 10.6 Å². The van der Waals surface area contributed by atoms with Crippen molar-refractivity contribution in [2.75, 3.05) is 24.6 Å². The van der Waals surface area contributed by atoms with Gasteiger partial charge in [-0.3, -0.25) is 9.00 Å². The lowest BCUT2D eigenvalue weighted by atomic mass is 10.1. The van der Waals surface area contributed by atoms with Crippen molar-refractivity contribution in [2.24, 2.45) is 0 Å². The molecular weight excluding hydrogens is 260 g/mol. The van der Waals surface area contributed by atoms with E-state index >= 15 is 0 Å². The lowest BCUT2D eigenvalue weighted by molar-refractivity contribution is -0.129. The summed E-state index contributed by atoms with van der Waals surface area (Å²) in [6.45, 7) is 3.48. The first-order valence-electron chi connectivity index (χ1n) is 6.60. The Balaban J connectivity index is 2.04. The molecule has 19 heavy (non-hydrogen) atoms. The van der Waals surface area contributed by atoms with Crippen LogP contribution in [-0.4, -0.2) is 33.9 Å². The highest BCUT2D eigenvalue weighted by Crippen LogP contribution is 2.18. The molecule has 1 aliphatic rings. The van der Waals surface area contributed by atoms with Gasteiger partial charge in [-0.05, 0) is 43.9 Å². The molecule has 1 heterocycles. The molecule has 1 unspecified atom stereocenters. The molecule has 0 aromatic heterocycles. The predicted molar refractivity (Wildman–Crippen MR) is 77.3 cm³/mol. The van der Waals surface area contributed by atoms with Gasteiger partial charge in [0.25, 0.3) is 0 Å². The van der Waals surface area contributed by atoms with Crippen LogP contribution in [0.2, 0.25) is 0 Å². The van der Waals surface area contributed by atoms with Crippen LogP contribution in [0.5, 0.6) is 0 Å². The number of piperidine rings is 1. The zero-order valence-electron chi connectivity index (χ0n) is 11.2. The van der Waals surface area contributed by atoms with Crippen LogP contribution in [0.25, 0.3) is 0 Å². The Morgan fingerprint density at radius 2 is 2.00 bits per heavy atom. The summed E-state index contributed by atoms with van der Waals surface area (Å²) in [5.74, 6) is 0.0458. The van der Waals surface area contributed by atoms with Gasteiger partial charge >= 0.3 is 0 Å². The largest absolute Gasteiger partial charge is 0.399 e. The van der Waals surface area contributed by atoms with Crippen LogP contribution in [-0.2, 0) is 15.6 Å². The van der Waals surface area contributed by atoms with Crippen molar-refractivity contribution >= 4 is 22.4 Å². The number of hydrogen-bond acceptors (Lipinski definition) is 3. The number of likely N-dealkylation sites (tertiary alicyclic amines) is 1. The lowest BCUT2D eigenvalue weighted by Crippen LogP contribution is -2.38. The summed E-state index contributed by atoms with van der Waals surface area (Å²) in [5, 5.41) is 0. The molecule has 0 aliphatic carbocycles. The van der Waals surface area contributed by atoms with Gasteiger partial charge in [0.2, 0.25) is 5.91 Å². The Morgan fingerprint density at radius 1 is 1.32 bits per heavy atom. The summed E-state index contributed by atoms with van der Waals surface area (Å²) in [4.78, 5) is 14.6. The van der Waals surface area contributed by atoms with Crippen LogP contribution in [0.15, 0.2) is 23.1 Å². The van der Waals surface area contributed by atoms with Crippen molar-refractivity contribution in [3.63, 3.8) is 0 Å². The smallest absolute Gasteiger partial charge is 0.235 e. The number of carbonyl (C=O) groups is 1. The monoisotopic (exact) mass is 280 g/mol. The fraction of sp³-hybridized carbons (Fsp3) is 0.500. The van der Waals surface area contributed by atoms with Gasteiger partial charge < -0.3 is 10.6 Å². The van der Waals surface area contributed by atoms with E-state index in [1.54, 1.807) is 12.1 Å². The number of benzene rings is 1. The molecule has 4 nitrogen and oxygen atoms in total. The Labute approximate surface area is 116 Å². The van der Waals surface area contributed by atoms with Crippen LogP contribution in [0.4, 0.5) is 5.69 Å². The van der Waals surface area contributed by atoms with Gasteiger partial charge in [-0.25, -0.2) is 0 Å². The summed E-state index contributed by atoms with van der Waals surface area (Å²) < 4.78 is 12.3. The number of anilines is 1. The second kappa shape index (κ2) is 6.19. The van der Waals surface area contributed by atoms with E-state index in [9.17, 15) is 9.00 Å². The zero-order chi connectivity index (χ0) is 13.8. The van der Waals surface area contributed by atoms with Gasteiger partial charge in [-0.15, -0.1) is 0 Å². The maximum absolute atomic E-state index is 12.3. The molecule has 1 aromatic rings. The molecular formula is C14H20N2O2S. The molecule has 5 heteroatoms. The van der Waals surface area contributed by atoms with Gasteiger partial charge in [0, 0.05) is 23.7 Å². The van der Waals surface area contributed by atoms with Crippen molar-refractivity contribution in [3.8, 4) is 0 Å². The molecule has 1 fully saturated rings. The van der Waals surface area contributed by atoms with E-state index in [4.69, 9.17) is 5.73 Å². The Morgan fingerprint density at radius 3 is 2.68 bits per heavy atom. The molecule has 0 spiro atoms. The first-order chi connectivity index (χ1) is 9.08. The standard InChI is InChI=1S/C14H20N2O2S/c1-11-5-6-12(15)9-13(11)19(18)10-14(17)16-7-3-2-4-8-16/h5-6,9H,2-4,7-8,10,15H2,1H3. The average Bonchev–Trinajstić information content (AvgIpc) is 2.42. The molecule has 0 bridgehead atoms. The van der Waals surface area contributed by atoms with E-state index < -0.39 is 10.8 Å². The van der Waals surface area contributed by atoms with Gasteiger partial charge in [0.1, 0.15) is 5.75 Å². The molecule has 1 aliphatic heterocycles. The van der Waals surface area contributed by atoms with Gasteiger partial charge in [0.15, 0.2) is 0 Å². The summed E-state index contributed by atoms with van der Waals surface area (Å²) >= 11 is 0. The summed E-state index contributed by atoms with van der Waals surface area (Å²) in [6, 6.07) is 5.32. The van der Waals surface area contributed by atoms with E-state index in [2.05, 4.69) is 0 Å². The third kappa shape index (κ3) is 3.56. The van der Waals surface area contributed by atoms with E-state index in [-0.39, 0.29) is 11.7 Å². The predicted octanol–water partition coefficient (Wildman–Crippen LogP) is 1.70. The van der Waals surface area contributed by atoms with Crippen molar-refractivity contribution in [1.29, 1.82) is 0 Å². The molecule has 1 saturated heterocycles. The van der Waals surface area contributed by atoms with Gasteiger partial charge in [-0.1, -0.05) is 6.07 Å². The molecule has 1 amide bonds. The first kappa shape index (κ1) is 14.1. The first-order valence-corrected chi connectivity index (χ1v) is 7.92. The van der Waals surface area contributed by atoms with Crippen molar-refractivity contribution in [1.82, 2.24) is 4.90 Å². The number of nitrogens with zero attached hydrogens (tertiary/aromatic N) is 1. The number of amides is 1. The quantitative estimate of drug-likeness (QED) is 0.857. The third-order valence-corrected chi connectivity index (χ3v) is 4.86. The number of rotatable bonds is 3. The maximum Gasteiger partial charge on any atom is 0.235 e. The molecule has 104 valence electrons. The molecule has 1 aromatic carbocycles. The SMILES string of the molecule is Cc1ccc(N)cc1S(=O)CC(=O)N1CCCCC1. The maximum atomic E-state index is 12.3. The molecule has 0 radical (unpaired) electrons. The molecule has 2 N–H and O–H groups in total. The fourth-order valence-electron chi connectivity index (χ4n) is 2.29. The minimum absolute atomic E-state index is 0.0140. The third-order valence-electron chi connectivity index (χ3n) is 3.42. The number of hydrogen-bond donors (Lipinski definition) is 1. The highest BCUT2D eigenvalue weighted by Gasteiger charge is 2.20. The molecule has 1 atom stereocenters. The van der Waals surface area contributed by atoms with E-state index in [1.165, 1.54) is 6.42 Å². The minimum atomic E-state index is -1.31. The van der Waals surface area contributed by atoms with Crippen molar-refractivity contribution < 1.29 is 9.00 Å². The van der Waals surface area contributed by atoms with Crippen LogP contribution < -0.4 is 5.73 Å². The Bertz CT molecular complexity index is 496. The number of aryl methyl sites for hydroxylation is 1. The zero-order valence-corrected chi connectivity index (χ0v) is 12.0. The second-order valence-corrected chi connectivity index (χ2v) is 6.38. The highest BCUT2D eigenvalue weighted by molar-refractivity contribution is 7.85. The summed E-state index contributed by atoms with van der Waals surface area (Å²) in [7, 11) is -1.31. The van der Waals surface area contributed by atoms with E-state index in [0.717, 1.165) is 31.5 Å². The van der Waals surface area contributed by atoms with Crippen LogP contribution >= 0.6 is 0 Å². The number of carbonyl (C=O) groups excluding carboxylic acids is 1. The average molecular weight is 280 g/mol. The van der Waals surface area contributed by atoms with Crippen molar-refractivity contribution in [2.45, 2.75) is 31.1 Å². The van der Waals surface area contributed by atoms with Crippen molar-refractivity contribution in [3.05, 3.63) is 23.8 Å². The number of nitrogens with two attached hydrogens (primary N) is 1. The van der Waals surface area contributed by atoms with E-state index in [1.807, 2.05) is 17.9 Å². The summed E-state index contributed by atoms with van der Waals surface area (Å²) in [6.07, 6.45) is 3.28. The molecule has 0 saturated carbocycles. The van der Waals surface area contributed by atoms with Gasteiger partial charge in [0.05, 0.1) is 10.8 Å². The van der Waals surface area contributed by atoms with Crippen LogP contribution in [0, 0.1) is 6.92 Å². The lowest BCUT2D eigenvalue weighted by Gasteiger charge is -2.26. The minimum Gasteiger partial charge on any atom is -0.399 e.